The van der Waals surface area contributed by atoms with Crippen LogP contribution in [0.4, 0.5) is 0 Å². The molecule has 0 radical (unpaired) electrons. The van der Waals surface area contributed by atoms with Crippen molar-refractivity contribution >= 4 is 22.6 Å². The number of rotatable bonds is 8. The molecule has 0 atom stereocenters. The van der Waals surface area contributed by atoms with Crippen molar-refractivity contribution in [3.63, 3.8) is 0 Å². The molecule has 0 saturated heterocycles. The van der Waals surface area contributed by atoms with E-state index >= 15 is 0 Å². The van der Waals surface area contributed by atoms with Crippen molar-refractivity contribution in [2.45, 2.75) is 34.1 Å². The lowest BCUT2D eigenvalue weighted by Gasteiger charge is -2.10. The fourth-order valence-corrected chi connectivity index (χ4v) is 8.29. The van der Waals surface area contributed by atoms with Gasteiger partial charge in [-0.2, -0.15) is 0 Å². The van der Waals surface area contributed by atoms with Crippen LogP contribution in [0.25, 0.3) is 102 Å². The number of hydrogen-bond donors (Lipinski definition) is 0. The van der Waals surface area contributed by atoms with Gasteiger partial charge in [0.05, 0.1) is 0 Å². The molecule has 0 saturated carbocycles. The molecule has 1 aliphatic rings. The maximum Gasteiger partial charge on any atom is 0.164 e. The van der Waals surface area contributed by atoms with Gasteiger partial charge >= 0.3 is 0 Å². The molecule has 0 bridgehead atoms. The third kappa shape index (κ3) is 8.14. The van der Waals surface area contributed by atoms with Crippen molar-refractivity contribution in [2.24, 2.45) is 0 Å². The van der Waals surface area contributed by atoms with Gasteiger partial charge in [0, 0.05) is 50.8 Å². The Balaban J connectivity index is 0.901. The van der Waals surface area contributed by atoms with Gasteiger partial charge in [-0.3, -0.25) is 0 Å². The first kappa shape index (κ1) is 40.4. The number of aryl methyl sites for hydroxylation is 4. The maximum atomic E-state index is 6.48. The molecule has 10 aromatic rings. The van der Waals surface area contributed by atoms with Crippen LogP contribution in [0, 0.1) is 27.7 Å². The highest BCUT2D eigenvalue weighted by Crippen LogP contribution is 2.37. The van der Waals surface area contributed by atoms with E-state index in [2.05, 4.69) is 210 Å². The Bertz CT molecular complexity index is 3350. The number of aromatic nitrogens is 6. The van der Waals surface area contributed by atoms with E-state index in [9.17, 15) is 0 Å². The maximum absolute atomic E-state index is 6.48. The summed E-state index contributed by atoms with van der Waals surface area (Å²) in [6, 6.07) is 56.6. The van der Waals surface area contributed by atoms with Crippen LogP contribution < -0.4 is 0 Å². The summed E-state index contributed by atoms with van der Waals surface area (Å²) in [6.45, 7) is 8.32. The molecule has 0 amide bonds. The number of furan rings is 1. The fraction of sp³-hybridized carbons (Fsp3) is 0.0847. The Kier molecular flexibility index (Phi) is 10.4. The second kappa shape index (κ2) is 16.9. The molecule has 0 aliphatic heterocycles. The smallest absolute Gasteiger partial charge is 0.164 e. The molecule has 0 fully saturated rings. The molecular formula is C59H44N6O. The van der Waals surface area contributed by atoms with Crippen LogP contribution in [0.1, 0.15) is 39.1 Å². The SMILES string of the molecule is Cc1ccc(-c2nc(-c3ccc(C)cc3)nc(-c3ccc(C4=Cc5c(oc6ccc(-c7ccc(-c8nc(-c9ccc(C)cc9)nc(-c9ccc(C)cc9)n8)cc7)cc56)CC=C4)cc3)n2)cc1. The van der Waals surface area contributed by atoms with E-state index < -0.39 is 0 Å². The normalized spacial score (nSPS) is 12.2. The van der Waals surface area contributed by atoms with Gasteiger partial charge in [-0.1, -0.05) is 186 Å². The summed E-state index contributed by atoms with van der Waals surface area (Å²) in [5.74, 6) is 4.78. The van der Waals surface area contributed by atoms with Crippen molar-refractivity contribution in [1.29, 1.82) is 0 Å². The number of nitrogens with zero attached hydrogens (tertiary/aromatic N) is 6. The van der Waals surface area contributed by atoms with Crippen molar-refractivity contribution < 1.29 is 4.42 Å². The van der Waals surface area contributed by atoms with Gasteiger partial charge in [-0.05, 0) is 68.2 Å². The van der Waals surface area contributed by atoms with Gasteiger partial charge in [-0.25, -0.2) is 29.9 Å². The lowest BCUT2D eigenvalue weighted by Crippen LogP contribution is -2.00. The van der Waals surface area contributed by atoms with Crippen LogP contribution >= 0.6 is 0 Å². The van der Waals surface area contributed by atoms with Gasteiger partial charge in [0.25, 0.3) is 0 Å². The zero-order chi connectivity index (χ0) is 44.7. The second-order valence-electron chi connectivity index (χ2n) is 17.1. The Labute approximate surface area is 384 Å². The van der Waals surface area contributed by atoms with Crippen LogP contribution in [0.15, 0.2) is 180 Å². The quantitative estimate of drug-likeness (QED) is 0.150. The van der Waals surface area contributed by atoms with Crippen LogP contribution in [-0.2, 0) is 6.42 Å². The number of allylic oxidation sites excluding steroid dienone is 3. The van der Waals surface area contributed by atoms with E-state index in [-0.39, 0.29) is 0 Å². The lowest BCUT2D eigenvalue weighted by atomic mass is 9.98. The molecule has 3 aromatic heterocycles. The third-order valence-corrected chi connectivity index (χ3v) is 12.2. The lowest BCUT2D eigenvalue weighted by molar-refractivity contribution is 0.564. The summed E-state index contributed by atoms with van der Waals surface area (Å²) < 4.78 is 6.48. The first-order chi connectivity index (χ1) is 32.3. The molecule has 0 N–H and O–H groups in total. The molecule has 316 valence electrons. The molecule has 7 aromatic carbocycles. The van der Waals surface area contributed by atoms with Gasteiger partial charge in [0.15, 0.2) is 34.9 Å². The highest BCUT2D eigenvalue weighted by atomic mass is 16.3. The minimum atomic E-state index is 0.629. The highest BCUT2D eigenvalue weighted by Gasteiger charge is 2.18. The second-order valence-corrected chi connectivity index (χ2v) is 17.1. The molecule has 7 nitrogen and oxygen atoms in total. The van der Waals surface area contributed by atoms with Crippen LogP contribution in [0.5, 0.6) is 0 Å². The average Bonchev–Trinajstić information content (AvgIpc) is 3.55. The van der Waals surface area contributed by atoms with Gasteiger partial charge in [0.1, 0.15) is 11.3 Å². The summed E-state index contributed by atoms with van der Waals surface area (Å²) in [6.07, 6.45) is 7.31. The van der Waals surface area contributed by atoms with E-state index in [0.717, 1.165) is 77.9 Å². The van der Waals surface area contributed by atoms with Crippen molar-refractivity contribution in [1.82, 2.24) is 29.9 Å². The minimum Gasteiger partial charge on any atom is -0.460 e. The van der Waals surface area contributed by atoms with E-state index in [1.807, 2.05) is 0 Å². The summed E-state index contributed by atoms with van der Waals surface area (Å²) in [4.78, 5) is 29.7. The monoisotopic (exact) mass is 852 g/mol. The van der Waals surface area contributed by atoms with Crippen LogP contribution in [0.3, 0.4) is 0 Å². The van der Waals surface area contributed by atoms with Crippen molar-refractivity contribution in [3.05, 3.63) is 215 Å². The first-order valence-electron chi connectivity index (χ1n) is 22.2. The predicted molar refractivity (Wildman–Crippen MR) is 267 cm³/mol. The van der Waals surface area contributed by atoms with E-state index in [1.165, 1.54) is 22.3 Å². The Morgan fingerprint density at radius 1 is 0.348 bits per heavy atom. The summed E-state index contributed by atoms with van der Waals surface area (Å²) >= 11 is 0. The summed E-state index contributed by atoms with van der Waals surface area (Å²) in [7, 11) is 0. The van der Waals surface area contributed by atoms with E-state index in [4.69, 9.17) is 34.3 Å². The zero-order valence-corrected chi connectivity index (χ0v) is 37.1. The van der Waals surface area contributed by atoms with E-state index in [1.54, 1.807) is 0 Å². The fourth-order valence-electron chi connectivity index (χ4n) is 8.29. The molecule has 11 rings (SSSR count). The molecular weight excluding hydrogens is 809 g/mol. The number of benzene rings is 7. The minimum absolute atomic E-state index is 0.629. The average molecular weight is 853 g/mol. The third-order valence-electron chi connectivity index (χ3n) is 12.2. The Morgan fingerprint density at radius 2 is 0.667 bits per heavy atom. The summed E-state index contributed by atoms with van der Waals surface area (Å²) in [5, 5.41) is 1.07. The summed E-state index contributed by atoms with van der Waals surface area (Å²) in [5.41, 5.74) is 16.7. The number of fused-ring (bicyclic) bond motifs is 3. The molecule has 3 heterocycles. The van der Waals surface area contributed by atoms with Crippen LogP contribution in [-0.4, -0.2) is 29.9 Å². The van der Waals surface area contributed by atoms with Gasteiger partial charge < -0.3 is 4.42 Å². The first-order valence-corrected chi connectivity index (χ1v) is 22.2. The van der Waals surface area contributed by atoms with Crippen molar-refractivity contribution in [3.8, 4) is 79.5 Å². The predicted octanol–water partition coefficient (Wildman–Crippen LogP) is 14.4. The molecule has 0 unspecified atom stereocenters. The zero-order valence-electron chi connectivity index (χ0n) is 37.1. The molecule has 7 heteroatoms. The van der Waals surface area contributed by atoms with Crippen molar-refractivity contribution in [2.75, 3.05) is 0 Å². The van der Waals surface area contributed by atoms with Crippen LogP contribution in [0.2, 0.25) is 0 Å². The Hall–Kier alpha value is -8.42. The van der Waals surface area contributed by atoms with Gasteiger partial charge in [0.2, 0.25) is 0 Å². The Morgan fingerprint density at radius 3 is 1.05 bits per heavy atom. The van der Waals surface area contributed by atoms with E-state index in [0.29, 0.717) is 41.4 Å². The standard InChI is InChI=1S/C59H44N6O/c1-36-8-16-42(17-9-36)54-60-55(43-18-10-37(2)11-19-43)63-58(62-54)46-28-24-40(25-29-46)48-6-5-7-52-50(34-48)51-35-49(32-33-53(51)66-52)41-26-30-47(31-27-41)59-64-56(44-20-12-38(3)13-21-44)61-57(65-59)45-22-14-39(4)15-23-45/h5-6,8-35H,7H2,1-4H3. The van der Waals surface area contributed by atoms with Gasteiger partial charge in [-0.15, -0.1) is 0 Å². The molecule has 0 spiro atoms. The molecule has 1 aliphatic carbocycles. The largest absolute Gasteiger partial charge is 0.460 e. The molecule has 66 heavy (non-hydrogen) atoms. The number of hydrogen-bond acceptors (Lipinski definition) is 7. The topological polar surface area (TPSA) is 90.5 Å². The highest BCUT2D eigenvalue weighted by molar-refractivity contribution is 5.99.